The molecule has 2 aromatic rings. The molecule has 0 bridgehead atoms. The first-order valence-electron chi connectivity index (χ1n) is 9.32. The molecule has 1 aliphatic heterocycles. The highest BCUT2D eigenvalue weighted by Crippen LogP contribution is 2.33. The van der Waals surface area contributed by atoms with Gasteiger partial charge in [0.25, 0.3) is 0 Å². The molecule has 1 aromatic carbocycles. The third-order valence-electron chi connectivity index (χ3n) is 5.07. The monoisotopic (exact) mass is 386 g/mol. The molecule has 1 atom stereocenters. The highest BCUT2D eigenvalue weighted by atomic mass is 16.7. The van der Waals surface area contributed by atoms with Crippen LogP contribution in [0.15, 0.2) is 18.2 Å². The molecule has 150 valence electrons. The Hall–Kier alpha value is -2.80. The molecule has 2 heterocycles. The second kappa shape index (κ2) is 8.06. The molecule has 7 heteroatoms. The van der Waals surface area contributed by atoms with Gasteiger partial charge < -0.3 is 19.2 Å². The molecule has 0 aliphatic carbocycles. The van der Waals surface area contributed by atoms with Gasteiger partial charge in [0.1, 0.15) is 0 Å². The zero-order valence-corrected chi connectivity index (χ0v) is 16.9. The molecule has 1 N–H and O–H groups in total. The number of hydrogen-bond acceptors (Lipinski definition) is 6. The van der Waals surface area contributed by atoms with E-state index >= 15 is 0 Å². The summed E-state index contributed by atoms with van der Waals surface area (Å²) < 4.78 is 15.9. The summed E-state index contributed by atoms with van der Waals surface area (Å²) in [7, 11) is 1.89. The van der Waals surface area contributed by atoms with Crippen LogP contribution in [0.4, 0.5) is 0 Å². The standard InChI is InChI=1S/C21H26N2O5/c1-6-26-21(25)18-12(2)19(22-13(18)3)20(24)14(4)23(5)10-15-7-8-16-17(9-15)28-11-27-16/h7-9,14,22H,6,10-11H2,1-5H3/t14-/m0/s1. The first kappa shape index (κ1) is 19.9. The topological polar surface area (TPSA) is 80.9 Å². The number of aromatic amines is 1. The fourth-order valence-electron chi connectivity index (χ4n) is 3.38. The molecule has 0 saturated carbocycles. The van der Waals surface area contributed by atoms with Gasteiger partial charge in [0.15, 0.2) is 17.3 Å². The second-order valence-electron chi connectivity index (χ2n) is 6.99. The molecular formula is C21H26N2O5. The van der Waals surface area contributed by atoms with Crippen LogP contribution in [0, 0.1) is 13.8 Å². The lowest BCUT2D eigenvalue weighted by Crippen LogP contribution is -2.36. The lowest BCUT2D eigenvalue weighted by molar-refractivity contribution is 0.0525. The normalized spacial score (nSPS) is 13.6. The lowest BCUT2D eigenvalue weighted by atomic mass is 10.0. The summed E-state index contributed by atoms with van der Waals surface area (Å²) in [6.45, 7) is 8.26. The number of nitrogens with one attached hydrogen (secondary N) is 1. The number of esters is 1. The van der Waals surface area contributed by atoms with E-state index in [4.69, 9.17) is 14.2 Å². The highest BCUT2D eigenvalue weighted by molar-refractivity contribution is 6.03. The third-order valence-corrected chi connectivity index (χ3v) is 5.07. The van der Waals surface area contributed by atoms with Crippen LogP contribution in [0.1, 0.15) is 51.5 Å². The van der Waals surface area contributed by atoms with Crippen LogP contribution in [0.25, 0.3) is 0 Å². The molecule has 0 saturated heterocycles. The summed E-state index contributed by atoms with van der Waals surface area (Å²) in [6, 6.07) is 5.39. The van der Waals surface area contributed by atoms with Gasteiger partial charge in [0.05, 0.1) is 23.9 Å². The molecule has 0 fully saturated rings. The summed E-state index contributed by atoms with van der Waals surface area (Å²) >= 11 is 0. The Kier molecular flexibility index (Phi) is 5.74. The van der Waals surface area contributed by atoms with E-state index < -0.39 is 5.97 Å². The van der Waals surface area contributed by atoms with Crippen molar-refractivity contribution in [2.24, 2.45) is 0 Å². The average Bonchev–Trinajstić information content (AvgIpc) is 3.24. The molecule has 0 radical (unpaired) electrons. The second-order valence-corrected chi connectivity index (χ2v) is 6.99. The van der Waals surface area contributed by atoms with E-state index in [0.29, 0.717) is 35.7 Å². The largest absolute Gasteiger partial charge is 0.462 e. The van der Waals surface area contributed by atoms with Gasteiger partial charge in [-0.2, -0.15) is 0 Å². The Bertz CT molecular complexity index is 902. The minimum absolute atomic E-state index is 0.0700. The number of carbonyl (C=O) groups excluding carboxylic acids is 2. The van der Waals surface area contributed by atoms with Crippen molar-refractivity contribution in [2.45, 2.75) is 40.3 Å². The van der Waals surface area contributed by atoms with Crippen molar-refractivity contribution >= 4 is 11.8 Å². The Morgan fingerprint density at radius 3 is 2.68 bits per heavy atom. The molecule has 0 unspecified atom stereocenters. The molecule has 3 rings (SSSR count). The van der Waals surface area contributed by atoms with Crippen LogP contribution in [-0.2, 0) is 11.3 Å². The number of ether oxygens (including phenoxy) is 3. The van der Waals surface area contributed by atoms with Crippen LogP contribution in [0.3, 0.4) is 0 Å². The molecule has 1 aliphatic rings. The van der Waals surface area contributed by atoms with Crippen LogP contribution in [0.2, 0.25) is 0 Å². The summed E-state index contributed by atoms with van der Waals surface area (Å²) in [6.07, 6.45) is 0. The molecule has 0 spiro atoms. The van der Waals surface area contributed by atoms with Crippen molar-refractivity contribution in [3.8, 4) is 11.5 Å². The van der Waals surface area contributed by atoms with E-state index in [-0.39, 0.29) is 18.6 Å². The number of H-pyrrole nitrogens is 1. The summed E-state index contributed by atoms with van der Waals surface area (Å²) in [4.78, 5) is 30.3. The Labute approximate surface area is 164 Å². The van der Waals surface area contributed by atoms with E-state index in [1.54, 1.807) is 20.8 Å². The van der Waals surface area contributed by atoms with Gasteiger partial charge in [-0.05, 0) is 58.0 Å². The smallest absolute Gasteiger partial charge is 0.340 e. The predicted molar refractivity (Wildman–Crippen MR) is 104 cm³/mol. The Balaban J connectivity index is 1.75. The SMILES string of the molecule is CCOC(=O)c1c(C)[nH]c(C(=O)[C@H](C)N(C)Cc2ccc3c(c2)OCO3)c1C. The van der Waals surface area contributed by atoms with Gasteiger partial charge in [0, 0.05) is 12.2 Å². The number of carbonyl (C=O) groups is 2. The number of aromatic nitrogens is 1. The predicted octanol–water partition coefficient (Wildman–Crippen LogP) is 3.24. The van der Waals surface area contributed by atoms with E-state index in [2.05, 4.69) is 4.98 Å². The van der Waals surface area contributed by atoms with Gasteiger partial charge in [-0.15, -0.1) is 0 Å². The fraction of sp³-hybridized carbons (Fsp3) is 0.429. The van der Waals surface area contributed by atoms with Crippen LogP contribution >= 0.6 is 0 Å². The molecule has 0 amide bonds. The van der Waals surface area contributed by atoms with Crippen molar-refractivity contribution in [3.05, 3.63) is 46.3 Å². The van der Waals surface area contributed by atoms with Crippen molar-refractivity contribution < 1.29 is 23.8 Å². The van der Waals surface area contributed by atoms with E-state index in [9.17, 15) is 9.59 Å². The minimum Gasteiger partial charge on any atom is -0.462 e. The van der Waals surface area contributed by atoms with Crippen molar-refractivity contribution in [1.82, 2.24) is 9.88 Å². The maximum absolute atomic E-state index is 13.1. The first-order valence-corrected chi connectivity index (χ1v) is 9.32. The number of likely N-dealkylation sites (N-methyl/N-ethyl adjacent to an activating group) is 1. The van der Waals surface area contributed by atoms with E-state index in [1.807, 2.05) is 37.1 Å². The highest BCUT2D eigenvalue weighted by Gasteiger charge is 2.27. The van der Waals surface area contributed by atoms with Crippen LogP contribution < -0.4 is 9.47 Å². The Morgan fingerprint density at radius 1 is 1.25 bits per heavy atom. The summed E-state index contributed by atoms with van der Waals surface area (Å²) in [5.41, 5.74) is 3.19. The number of ketones is 1. The van der Waals surface area contributed by atoms with Gasteiger partial charge >= 0.3 is 5.97 Å². The minimum atomic E-state index is -0.408. The van der Waals surface area contributed by atoms with Crippen LogP contribution in [0.5, 0.6) is 11.5 Å². The molecule has 1 aromatic heterocycles. The number of aryl methyl sites for hydroxylation is 1. The average molecular weight is 386 g/mol. The summed E-state index contributed by atoms with van der Waals surface area (Å²) in [5.74, 6) is 0.980. The van der Waals surface area contributed by atoms with Crippen LogP contribution in [-0.4, -0.2) is 48.1 Å². The lowest BCUT2D eigenvalue weighted by Gasteiger charge is -2.23. The zero-order valence-electron chi connectivity index (χ0n) is 16.9. The van der Waals surface area contributed by atoms with Gasteiger partial charge in [-0.1, -0.05) is 6.07 Å². The number of hydrogen-bond donors (Lipinski definition) is 1. The van der Waals surface area contributed by atoms with Crippen molar-refractivity contribution in [3.63, 3.8) is 0 Å². The van der Waals surface area contributed by atoms with E-state index in [0.717, 1.165) is 17.1 Å². The number of rotatable bonds is 7. The molecular weight excluding hydrogens is 360 g/mol. The van der Waals surface area contributed by atoms with Gasteiger partial charge in [0.2, 0.25) is 6.79 Å². The van der Waals surface area contributed by atoms with E-state index in [1.165, 1.54) is 0 Å². The first-order chi connectivity index (χ1) is 13.3. The third kappa shape index (κ3) is 3.75. The Morgan fingerprint density at radius 2 is 1.96 bits per heavy atom. The summed E-state index contributed by atoms with van der Waals surface area (Å²) in [5, 5.41) is 0. The number of benzene rings is 1. The van der Waals surface area contributed by atoms with Crippen molar-refractivity contribution in [1.29, 1.82) is 0 Å². The van der Waals surface area contributed by atoms with Gasteiger partial charge in [-0.3, -0.25) is 9.69 Å². The maximum atomic E-state index is 13.1. The number of Topliss-reactive ketones (excluding diaryl/α,β-unsaturated/α-hetero) is 1. The number of nitrogens with zero attached hydrogens (tertiary/aromatic N) is 1. The number of fused-ring (bicyclic) bond motifs is 1. The van der Waals surface area contributed by atoms with Gasteiger partial charge in [-0.25, -0.2) is 4.79 Å². The molecule has 7 nitrogen and oxygen atoms in total. The molecule has 28 heavy (non-hydrogen) atoms. The zero-order chi connectivity index (χ0) is 20.4. The quantitative estimate of drug-likeness (QED) is 0.581. The maximum Gasteiger partial charge on any atom is 0.340 e. The van der Waals surface area contributed by atoms with Crippen molar-refractivity contribution in [2.75, 3.05) is 20.4 Å². The fourth-order valence-corrected chi connectivity index (χ4v) is 3.38.